The molecule has 0 spiro atoms. The maximum atomic E-state index is 5.22. The highest BCUT2D eigenvalue weighted by molar-refractivity contribution is 6.12. The van der Waals surface area contributed by atoms with Gasteiger partial charge in [0.05, 0.1) is 33.5 Å². The third kappa shape index (κ3) is 5.31. The molecule has 0 unspecified atom stereocenters. The Kier molecular flexibility index (Phi) is 7.46. The van der Waals surface area contributed by atoms with E-state index < -0.39 is 0 Å². The summed E-state index contributed by atoms with van der Waals surface area (Å²) >= 11 is 0. The summed E-state index contributed by atoms with van der Waals surface area (Å²) in [5.74, 6) is 0.647. The standard InChI is InChI=1S/C52H34N4/c1-4-14-35(15-5-1)36-24-28-41(29-25-36)55-48-22-12-10-20-42(48)44-30-26-40(33-51(44)55)39-27-31-50-45(32-39)43-21-11-13-23-49(43)56(50)52-53-46(37-16-6-2-7-17-37)34-47(54-52)38-18-8-3-9-19-38/h1-34H. The Bertz CT molecular complexity index is 3160. The zero-order valence-electron chi connectivity index (χ0n) is 30.4. The summed E-state index contributed by atoms with van der Waals surface area (Å²) < 4.78 is 4.61. The van der Waals surface area contributed by atoms with Gasteiger partial charge in [0.15, 0.2) is 0 Å². The summed E-state index contributed by atoms with van der Waals surface area (Å²) in [6.07, 6.45) is 0. The first-order valence-electron chi connectivity index (χ1n) is 19.0. The van der Waals surface area contributed by atoms with Crippen LogP contribution in [0.5, 0.6) is 0 Å². The van der Waals surface area contributed by atoms with Gasteiger partial charge in [-0.15, -0.1) is 0 Å². The lowest BCUT2D eigenvalue weighted by Crippen LogP contribution is -2.03. The average molecular weight is 715 g/mol. The zero-order chi connectivity index (χ0) is 37.0. The van der Waals surface area contributed by atoms with Crippen LogP contribution in [0.2, 0.25) is 0 Å². The molecule has 11 aromatic rings. The monoisotopic (exact) mass is 714 g/mol. The number of fused-ring (bicyclic) bond motifs is 6. The van der Waals surface area contributed by atoms with E-state index in [0.717, 1.165) is 61.1 Å². The van der Waals surface area contributed by atoms with Gasteiger partial charge in [0.2, 0.25) is 5.95 Å². The Morgan fingerprint density at radius 1 is 0.268 bits per heavy atom. The van der Waals surface area contributed by atoms with E-state index in [0.29, 0.717) is 5.95 Å². The molecule has 0 radical (unpaired) electrons. The summed E-state index contributed by atoms with van der Waals surface area (Å²) in [5.41, 5.74) is 14.3. The minimum absolute atomic E-state index is 0.647. The van der Waals surface area contributed by atoms with Gasteiger partial charge >= 0.3 is 0 Å². The minimum atomic E-state index is 0.647. The van der Waals surface area contributed by atoms with Crippen molar-refractivity contribution in [2.75, 3.05) is 0 Å². The van der Waals surface area contributed by atoms with Gasteiger partial charge in [-0.3, -0.25) is 4.57 Å². The lowest BCUT2D eigenvalue weighted by atomic mass is 10.0. The normalized spacial score (nSPS) is 11.6. The minimum Gasteiger partial charge on any atom is -0.309 e. The number of para-hydroxylation sites is 2. The third-order valence-electron chi connectivity index (χ3n) is 11.0. The third-order valence-corrected chi connectivity index (χ3v) is 11.0. The zero-order valence-corrected chi connectivity index (χ0v) is 30.4. The maximum absolute atomic E-state index is 5.22. The molecule has 0 aliphatic rings. The molecule has 4 heteroatoms. The second kappa shape index (κ2) is 13.1. The quantitative estimate of drug-likeness (QED) is 0.172. The largest absolute Gasteiger partial charge is 0.309 e. The fourth-order valence-electron chi connectivity index (χ4n) is 8.28. The number of nitrogens with zero attached hydrogens (tertiary/aromatic N) is 4. The van der Waals surface area contributed by atoms with Crippen molar-refractivity contribution >= 4 is 43.6 Å². The van der Waals surface area contributed by atoms with Gasteiger partial charge in [-0.25, -0.2) is 9.97 Å². The second-order valence-electron chi connectivity index (χ2n) is 14.3. The van der Waals surface area contributed by atoms with E-state index in [1.807, 2.05) is 12.1 Å². The Balaban J connectivity index is 1.08. The summed E-state index contributed by atoms with van der Waals surface area (Å²) in [7, 11) is 0. The predicted molar refractivity (Wildman–Crippen MR) is 232 cm³/mol. The lowest BCUT2D eigenvalue weighted by molar-refractivity contribution is 0.995. The summed E-state index contributed by atoms with van der Waals surface area (Å²) in [4.78, 5) is 10.4. The van der Waals surface area contributed by atoms with Crippen molar-refractivity contribution in [3.8, 4) is 56.4 Å². The highest BCUT2D eigenvalue weighted by Crippen LogP contribution is 2.39. The smallest absolute Gasteiger partial charge is 0.235 e. The number of hydrogen-bond donors (Lipinski definition) is 0. The first kappa shape index (κ1) is 31.9. The Labute approximate surface area is 324 Å². The van der Waals surface area contributed by atoms with Crippen molar-refractivity contribution < 1.29 is 0 Å². The predicted octanol–water partition coefficient (Wildman–Crippen LogP) is 13.3. The molecular weight excluding hydrogens is 681 g/mol. The topological polar surface area (TPSA) is 35.6 Å². The molecule has 8 aromatic carbocycles. The highest BCUT2D eigenvalue weighted by atomic mass is 15.2. The van der Waals surface area contributed by atoms with Gasteiger partial charge in [0, 0.05) is 38.4 Å². The van der Waals surface area contributed by atoms with Gasteiger partial charge in [0.1, 0.15) is 0 Å². The van der Waals surface area contributed by atoms with Crippen LogP contribution in [0, 0.1) is 0 Å². The molecule has 0 saturated heterocycles. The molecule has 262 valence electrons. The molecule has 4 nitrogen and oxygen atoms in total. The molecule has 56 heavy (non-hydrogen) atoms. The van der Waals surface area contributed by atoms with Crippen LogP contribution in [-0.4, -0.2) is 19.1 Å². The van der Waals surface area contributed by atoms with Crippen LogP contribution >= 0.6 is 0 Å². The molecule has 0 fully saturated rings. The van der Waals surface area contributed by atoms with Crippen molar-refractivity contribution in [1.82, 2.24) is 19.1 Å². The van der Waals surface area contributed by atoms with Gasteiger partial charge < -0.3 is 4.57 Å². The van der Waals surface area contributed by atoms with Crippen LogP contribution in [0.25, 0.3) is 100 Å². The SMILES string of the molecule is c1ccc(-c2ccc(-n3c4ccccc4c4ccc(-c5ccc6c(c5)c5ccccc5n6-c5nc(-c6ccccc6)cc(-c6ccccc6)n5)cc43)cc2)cc1. The van der Waals surface area contributed by atoms with E-state index in [1.54, 1.807) is 0 Å². The molecular formula is C52H34N4. The van der Waals surface area contributed by atoms with Crippen LogP contribution in [0.15, 0.2) is 206 Å². The first-order chi connectivity index (χ1) is 27.8. The van der Waals surface area contributed by atoms with Crippen molar-refractivity contribution in [2.45, 2.75) is 0 Å². The van der Waals surface area contributed by atoms with Crippen molar-refractivity contribution in [3.05, 3.63) is 206 Å². The molecule has 0 atom stereocenters. The molecule has 0 bridgehead atoms. The van der Waals surface area contributed by atoms with Crippen LogP contribution in [-0.2, 0) is 0 Å². The highest BCUT2D eigenvalue weighted by Gasteiger charge is 2.19. The summed E-state index contributed by atoms with van der Waals surface area (Å²) in [5, 5.41) is 4.80. The maximum Gasteiger partial charge on any atom is 0.235 e. The molecule has 0 amide bonds. The van der Waals surface area contributed by atoms with E-state index in [1.165, 1.54) is 32.9 Å². The molecule has 3 aromatic heterocycles. The number of benzene rings is 8. The fraction of sp³-hybridized carbons (Fsp3) is 0. The number of rotatable bonds is 6. The lowest BCUT2D eigenvalue weighted by Gasteiger charge is -2.12. The van der Waals surface area contributed by atoms with E-state index >= 15 is 0 Å². The van der Waals surface area contributed by atoms with Crippen LogP contribution < -0.4 is 0 Å². The van der Waals surface area contributed by atoms with E-state index in [2.05, 4.69) is 203 Å². The molecule has 0 saturated carbocycles. The van der Waals surface area contributed by atoms with Gasteiger partial charge in [-0.1, -0.05) is 158 Å². The van der Waals surface area contributed by atoms with Gasteiger partial charge in [-0.05, 0) is 70.8 Å². The van der Waals surface area contributed by atoms with Crippen LogP contribution in [0.1, 0.15) is 0 Å². The Morgan fingerprint density at radius 3 is 1.36 bits per heavy atom. The molecule has 0 aliphatic heterocycles. The molecule has 0 N–H and O–H groups in total. The van der Waals surface area contributed by atoms with Crippen molar-refractivity contribution in [3.63, 3.8) is 0 Å². The van der Waals surface area contributed by atoms with Gasteiger partial charge in [-0.2, -0.15) is 0 Å². The average Bonchev–Trinajstić information content (AvgIpc) is 3.79. The number of hydrogen-bond acceptors (Lipinski definition) is 2. The van der Waals surface area contributed by atoms with Crippen molar-refractivity contribution in [2.24, 2.45) is 0 Å². The summed E-state index contributed by atoms with van der Waals surface area (Å²) in [6.45, 7) is 0. The van der Waals surface area contributed by atoms with Crippen LogP contribution in [0.4, 0.5) is 0 Å². The summed E-state index contributed by atoms with van der Waals surface area (Å²) in [6, 6.07) is 73.3. The van der Waals surface area contributed by atoms with Crippen LogP contribution in [0.3, 0.4) is 0 Å². The van der Waals surface area contributed by atoms with E-state index in [9.17, 15) is 0 Å². The molecule has 11 rings (SSSR count). The molecule has 0 aliphatic carbocycles. The molecule has 3 heterocycles. The number of aromatic nitrogens is 4. The Morgan fingerprint density at radius 2 is 0.714 bits per heavy atom. The Hall–Kier alpha value is -7.56. The van der Waals surface area contributed by atoms with E-state index in [4.69, 9.17) is 9.97 Å². The fourth-order valence-corrected chi connectivity index (χ4v) is 8.28. The van der Waals surface area contributed by atoms with E-state index in [-0.39, 0.29) is 0 Å². The first-order valence-corrected chi connectivity index (χ1v) is 19.0. The van der Waals surface area contributed by atoms with Gasteiger partial charge in [0.25, 0.3) is 0 Å². The second-order valence-corrected chi connectivity index (χ2v) is 14.3. The van der Waals surface area contributed by atoms with Crippen molar-refractivity contribution in [1.29, 1.82) is 0 Å².